The van der Waals surface area contributed by atoms with Gasteiger partial charge in [0.15, 0.2) is 0 Å². The lowest BCUT2D eigenvalue weighted by Crippen LogP contribution is -2.33. The lowest BCUT2D eigenvalue weighted by molar-refractivity contribution is -0.679. The van der Waals surface area contributed by atoms with Gasteiger partial charge in [-0.15, -0.1) is 0 Å². The van der Waals surface area contributed by atoms with Crippen LogP contribution in [0, 0.1) is 6.92 Å². The van der Waals surface area contributed by atoms with Crippen molar-refractivity contribution in [3.63, 3.8) is 0 Å². The maximum absolute atomic E-state index is 5.76. The van der Waals surface area contributed by atoms with Gasteiger partial charge in [-0.2, -0.15) is 4.57 Å². The molecular formula is C14H14NO+. The van der Waals surface area contributed by atoms with Crippen LogP contribution in [0.3, 0.4) is 0 Å². The van der Waals surface area contributed by atoms with Crippen LogP contribution < -0.4 is 4.57 Å². The van der Waals surface area contributed by atoms with Crippen molar-refractivity contribution in [2.45, 2.75) is 20.4 Å². The summed E-state index contributed by atoms with van der Waals surface area (Å²) in [7, 11) is 0. The van der Waals surface area contributed by atoms with Crippen LogP contribution in [0.15, 0.2) is 40.8 Å². The smallest absolute Gasteiger partial charge is 0.344 e. The molecule has 0 unspecified atom stereocenters. The van der Waals surface area contributed by atoms with Gasteiger partial charge in [-0.1, -0.05) is 24.3 Å². The van der Waals surface area contributed by atoms with Crippen LogP contribution in [0.25, 0.3) is 21.9 Å². The summed E-state index contributed by atoms with van der Waals surface area (Å²) in [5.41, 5.74) is 2.15. The van der Waals surface area contributed by atoms with E-state index in [-0.39, 0.29) is 0 Å². The Labute approximate surface area is 94.1 Å². The first-order chi connectivity index (χ1) is 7.79. The summed E-state index contributed by atoms with van der Waals surface area (Å²) in [4.78, 5) is 0. The Morgan fingerprint density at radius 2 is 1.81 bits per heavy atom. The molecule has 0 N–H and O–H groups in total. The molecule has 0 aliphatic carbocycles. The first-order valence-electron chi connectivity index (χ1n) is 5.61. The molecule has 0 atom stereocenters. The zero-order chi connectivity index (χ0) is 11.1. The number of fused-ring (bicyclic) bond motifs is 2. The van der Waals surface area contributed by atoms with Crippen molar-refractivity contribution in [1.29, 1.82) is 0 Å². The largest absolute Gasteiger partial charge is 0.402 e. The minimum absolute atomic E-state index is 0.942. The quantitative estimate of drug-likeness (QED) is 0.566. The molecule has 2 nitrogen and oxygen atoms in total. The molecule has 0 aliphatic rings. The SMILES string of the molecule is CC[n+]1c(C)oc2cc3ccccc3cc21. The van der Waals surface area contributed by atoms with Crippen LogP contribution in [0.5, 0.6) is 0 Å². The van der Waals surface area contributed by atoms with E-state index in [2.05, 4.69) is 47.9 Å². The maximum Gasteiger partial charge on any atom is 0.344 e. The number of aryl methyl sites for hydroxylation is 2. The van der Waals surface area contributed by atoms with Crippen LogP contribution in [0.4, 0.5) is 0 Å². The highest BCUT2D eigenvalue weighted by Gasteiger charge is 2.17. The third-order valence-corrected chi connectivity index (χ3v) is 3.07. The van der Waals surface area contributed by atoms with Gasteiger partial charge in [0, 0.05) is 6.07 Å². The molecule has 0 fully saturated rings. The fourth-order valence-corrected chi connectivity index (χ4v) is 2.28. The Bertz CT molecular complexity index is 667. The van der Waals surface area contributed by atoms with Crippen molar-refractivity contribution < 1.29 is 8.98 Å². The monoisotopic (exact) mass is 212 g/mol. The molecule has 0 spiro atoms. The summed E-state index contributed by atoms with van der Waals surface area (Å²) in [6, 6.07) is 12.7. The Hall–Kier alpha value is -1.83. The van der Waals surface area contributed by atoms with Crippen molar-refractivity contribution in [2.75, 3.05) is 0 Å². The van der Waals surface area contributed by atoms with Gasteiger partial charge in [-0.05, 0) is 23.8 Å². The third kappa shape index (κ3) is 1.23. The van der Waals surface area contributed by atoms with E-state index < -0.39 is 0 Å². The van der Waals surface area contributed by atoms with E-state index in [1.807, 2.05) is 6.92 Å². The molecule has 3 rings (SSSR count). The first-order valence-corrected chi connectivity index (χ1v) is 5.61. The van der Waals surface area contributed by atoms with Crippen LogP contribution in [-0.2, 0) is 6.54 Å². The highest BCUT2D eigenvalue weighted by molar-refractivity contribution is 5.92. The molecule has 80 valence electrons. The van der Waals surface area contributed by atoms with E-state index in [0.717, 1.165) is 18.0 Å². The van der Waals surface area contributed by atoms with Gasteiger partial charge in [-0.3, -0.25) is 0 Å². The van der Waals surface area contributed by atoms with Gasteiger partial charge in [-0.25, -0.2) is 0 Å². The summed E-state index contributed by atoms with van der Waals surface area (Å²) in [6.45, 7) is 5.09. The van der Waals surface area contributed by atoms with E-state index in [4.69, 9.17) is 4.42 Å². The Kier molecular flexibility index (Phi) is 1.96. The second-order valence-electron chi connectivity index (χ2n) is 4.03. The molecule has 0 aliphatic heterocycles. The summed E-state index contributed by atoms with van der Waals surface area (Å²) < 4.78 is 7.96. The summed E-state index contributed by atoms with van der Waals surface area (Å²) in [5, 5.41) is 2.49. The fourth-order valence-electron chi connectivity index (χ4n) is 2.28. The average molecular weight is 212 g/mol. The minimum atomic E-state index is 0.942. The van der Waals surface area contributed by atoms with Gasteiger partial charge in [0.1, 0.15) is 6.54 Å². The third-order valence-electron chi connectivity index (χ3n) is 3.07. The minimum Gasteiger partial charge on any atom is -0.402 e. The van der Waals surface area contributed by atoms with Crippen molar-refractivity contribution in [1.82, 2.24) is 0 Å². The van der Waals surface area contributed by atoms with E-state index >= 15 is 0 Å². The molecule has 1 aromatic heterocycles. The second kappa shape index (κ2) is 3.34. The second-order valence-corrected chi connectivity index (χ2v) is 4.03. The van der Waals surface area contributed by atoms with E-state index in [1.54, 1.807) is 0 Å². The van der Waals surface area contributed by atoms with Gasteiger partial charge in [0.25, 0.3) is 5.52 Å². The number of oxazole rings is 1. The van der Waals surface area contributed by atoms with Crippen molar-refractivity contribution in [3.05, 3.63) is 42.3 Å². The normalized spacial score (nSPS) is 11.4. The molecule has 0 saturated carbocycles. The number of benzene rings is 2. The van der Waals surface area contributed by atoms with E-state index in [9.17, 15) is 0 Å². The van der Waals surface area contributed by atoms with E-state index in [1.165, 1.54) is 16.3 Å². The topological polar surface area (TPSA) is 17.0 Å². The zero-order valence-corrected chi connectivity index (χ0v) is 9.53. The molecular weight excluding hydrogens is 198 g/mol. The molecule has 0 bridgehead atoms. The molecule has 16 heavy (non-hydrogen) atoms. The molecule has 0 amide bonds. The molecule has 0 radical (unpaired) electrons. The van der Waals surface area contributed by atoms with Crippen LogP contribution in [0.1, 0.15) is 12.8 Å². The molecule has 3 aromatic rings. The lowest BCUT2D eigenvalue weighted by Gasteiger charge is -1.94. The number of hydrogen-bond acceptors (Lipinski definition) is 1. The zero-order valence-electron chi connectivity index (χ0n) is 9.53. The predicted octanol–water partition coefficient (Wildman–Crippen LogP) is 3.20. The van der Waals surface area contributed by atoms with Crippen molar-refractivity contribution in [2.24, 2.45) is 0 Å². The summed E-state index contributed by atoms with van der Waals surface area (Å²) >= 11 is 0. The summed E-state index contributed by atoms with van der Waals surface area (Å²) in [5.74, 6) is 0.966. The Balaban J connectivity index is 2.46. The maximum atomic E-state index is 5.76. The first kappa shape index (κ1) is 9.40. The molecule has 0 saturated heterocycles. The Morgan fingerprint density at radius 1 is 1.12 bits per heavy atom. The van der Waals surface area contributed by atoms with Gasteiger partial charge in [0.05, 0.1) is 6.92 Å². The number of rotatable bonds is 1. The highest BCUT2D eigenvalue weighted by atomic mass is 16.3. The number of hydrogen-bond donors (Lipinski definition) is 0. The van der Waals surface area contributed by atoms with E-state index in [0.29, 0.717) is 0 Å². The lowest BCUT2D eigenvalue weighted by atomic mass is 10.1. The number of aromatic nitrogens is 1. The van der Waals surface area contributed by atoms with Crippen molar-refractivity contribution >= 4 is 21.9 Å². The number of nitrogens with zero attached hydrogens (tertiary/aromatic N) is 1. The standard InChI is InChI=1S/C14H14NO/c1-3-15-10(2)16-14-9-12-7-5-4-6-11(12)8-13(14)15/h4-9H,3H2,1-2H3/q+1. The van der Waals surface area contributed by atoms with Crippen LogP contribution >= 0.6 is 0 Å². The van der Waals surface area contributed by atoms with Gasteiger partial charge < -0.3 is 4.42 Å². The van der Waals surface area contributed by atoms with Crippen molar-refractivity contribution in [3.8, 4) is 0 Å². The van der Waals surface area contributed by atoms with Gasteiger partial charge in [0.2, 0.25) is 5.58 Å². The molecule has 2 heteroatoms. The van der Waals surface area contributed by atoms with Crippen LogP contribution in [0.2, 0.25) is 0 Å². The summed E-state index contributed by atoms with van der Waals surface area (Å²) in [6.07, 6.45) is 0. The average Bonchev–Trinajstić information content (AvgIpc) is 2.60. The molecule has 1 heterocycles. The van der Waals surface area contributed by atoms with Crippen LogP contribution in [-0.4, -0.2) is 0 Å². The highest BCUT2D eigenvalue weighted by Crippen LogP contribution is 2.21. The van der Waals surface area contributed by atoms with Gasteiger partial charge >= 0.3 is 5.89 Å². The Morgan fingerprint density at radius 3 is 2.50 bits per heavy atom. The predicted molar refractivity (Wildman–Crippen MR) is 64.3 cm³/mol. The molecule has 2 aromatic carbocycles. The fraction of sp³-hybridized carbons (Fsp3) is 0.214.